The average Bonchev–Trinajstić information content (AvgIpc) is 2.53. The third-order valence-corrected chi connectivity index (χ3v) is 3.90. The fourth-order valence-electron chi connectivity index (χ4n) is 2.67. The molecule has 3 aromatic rings. The first-order valence-corrected chi connectivity index (χ1v) is 7.19. The monoisotopic (exact) mass is 262 g/mol. The molecule has 100 valence electrons. The molecule has 0 saturated carbocycles. The predicted molar refractivity (Wildman–Crippen MR) is 84.4 cm³/mol. The second-order valence-electron chi connectivity index (χ2n) is 5.28. The summed E-state index contributed by atoms with van der Waals surface area (Å²) < 4.78 is 0. The minimum atomic E-state index is 0.482. The van der Waals surface area contributed by atoms with Crippen molar-refractivity contribution < 1.29 is 5.32 Å². The quantitative estimate of drug-likeness (QED) is 0.739. The molecule has 0 aliphatic carbocycles. The number of hydrogen-bond acceptors (Lipinski definition) is 0. The van der Waals surface area contributed by atoms with Gasteiger partial charge >= 0.3 is 0 Å². The SMILES string of the molecule is C[C@@H]([NH2+]Cc1cccc2ccccc12)c1ccccc1. The fraction of sp³-hybridized carbons (Fsp3) is 0.158. The van der Waals surface area contributed by atoms with Crippen LogP contribution in [0.25, 0.3) is 10.8 Å². The molecule has 1 heteroatoms. The highest BCUT2D eigenvalue weighted by atomic mass is 14.9. The Hall–Kier alpha value is -2.12. The van der Waals surface area contributed by atoms with Crippen LogP contribution in [0.4, 0.5) is 0 Å². The highest BCUT2D eigenvalue weighted by Gasteiger charge is 2.09. The van der Waals surface area contributed by atoms with Crippen molar-refractivity contribution in [2.24, 2.45) is 0 Å². The first-order chi connectivity index (χ1) is 9.84. The van der Waals surface area contributed by atoms with E-state index in [1.807, 2.05) is 0 Å². The Balaban J connectivity index is 1.77. The van der Waals surface area contributed by atoms with Gasteiger partial charge in [-0.2, -0.15) is 0 Å². The molecule has 1 atom stereocenters. The summed E-state index contributed by atoms with van der Waals surface area (Å²) in [6.45, 7) is 3.28. The van der Waals surface area contributed by atoms with Gasteiger partial charge in [0.25, 0.3) is 0 Å². The van der Waals surface area contributed by atoms with E-state index in [1.54, 1.807) is 0 Å². The number of nitrogens with two attached hydrogens (primary N) is 1. The standard InChI is InChI=1S/C19H19N/c1-15(16-8-3-2-4-9-16)20-14-18-12-7-11-17-10-5-6-13-19(17)18/h2-13,15,20H,14H2,1H3/p+1/t15-/m1/s1. The van der Waals surface area contributed by atoms with Gasteiger partial charge in [-0.3, -0.25) is 0 Å². The maximum Gasteiger partial charge on any atom is 0.109 e. The molecule has 0 unspecified atom stereocenters. The van der Waals surface area contributed by atoms with Crippen LogP contribution in [0.15, 0.2) is 72.8 Å². The van der Waals surface area contributed by atoms with Crippen LogP contribution in [0.2, 0.25) is 0 Å². The summed E-state index contributed by atoms with van der Waals surface area (Å²) in [7, 11) is 0. The van der Waals surface area contributed by atoms with Gasteiger partial charge in [0.05, 0.1) is 0 Å². The number of fused-ring (bicyclic) bond motifs is 1. The molecule has 0 heterocycles. The van der Waals surface area contributed by atoms with E-state index in [2.05, 4.69) is 85.0 Å². The zero-order valence-corrected chi connectivity index (χ0v) is 11.8. The van der Waals surface area contributed by atoms with E-state index in [9.17, 15) is 0 Å². The molecule has 0 saturated heterocycles. The van der Waals surface area contributed by atoms with Crippen molar-refractivity contribution in [2.75, 3.05) is 0 Å². The van der Waals surface area contributed by atoms with Crippen molar-refractivity contribution in [3.8, 4) is 0 Å². The van der Waals surface area contributed by atoms with Crippen LogP contribution in [-0.2, 0) is 6.54 Å². The van der Waals surface area contributed by atoms with E-state index in [4.69, 9.17) is 0 Å². The first-order valence-electron chi connectivity index (χ1n) is 7.19. The molecule has 1 nitrogen and oxygen atoms in total. The molecular weight excluding hydrogens is 242 g/mol. The lowest BCUT2D eigenvalue weighted by atomic mass is 10.0. The van der Waals surface area contributed by atoms with Crippen LogP contribution in [0.3, 0.4) is 0 Å². The van der Waals surface area contributed by atoms with E-state index in [-0.39, 0.29) is 0 Å². The molecule has 3 aromatic carbocycles. The van der Waals surface area contributed by atoms with Crippen LogP contribution in [0, 0.1) is 0 Å². The molecule has 0 spiro atoms. The van der Waals surface area contributed by atoms with Gasteiger partial charge in [0.2, 0.25) is 0 Å². The van der Waals surface area contributed by atoms with Gasteiger partial charge in [-0.15, -0.1) is 0 Å². The first kappa shape index (κ1) is 12.9. The smallest absolute Gasteiger partial charge is 0.109 e. The predicted octanol–water partition coefficient (Wildman–Crippen LogP) is 3.66. The van der Waals surface area contributed by atoms with Crippen molar-refractivity contribution in [3.05, 3.63) is 83.9 Å². The molecule has 0 aliphatic heterocycles. The Kier molecular flexibility index (Phi) is 3.80. The topological polar surface area (TPSA) is 16.6 Å². The van der Waals surface area contributed by atoms with E-state index >= 15 is 0 Å². The summed E-state index contributed by atoms with van der Waals surface area (Å²) in [5, 5.41) is 5.09. The van der Waals surface area contributed by atoms with Crippen LogP contribution in [0.1, 0.15) is 24.1 Å². The normalized spacial score (nSPS) is 12.4. The molecule has 0 aliphatic rings. The highest BCUT2D eigenvalue weighted by molar-refractivity contribution is 5.85. The summed E-state index contributed by atoms with van der Waals surface area (Å²) >= 11 is 0. The lowest BCUT2D eigenvalue weighted by molar-refractivity contribution is -0.707. The molecule has 3 rings (SSSR count). The molecule has 0 amide bonds. The van der Waals surface area contributed by atoms with Crippen molar-refractivity contribution in [1.82, 2.24) is 0 Å². The molecule has 0 radical (unpaired) electrons. The van der Waals surface area contributed by atoms with Gasteiger partial charge in [0, 0.05) is 11.1 Å². The van der Waals surface area contributed by atoms with Crippen molar-refractivity contribution in [1.29, 1.82) is 0 Å². The minimum absolute atomic E-state index is 0.482. The average molecular weight is 262 g/mol. The summed E-state index contributed by atoms with van der Waals surface area (Å²) in [6, 6.07) is 26.3. The zero-order valence-electron chi connectivity index (χ0n) is 11.8. The molecule has 0 bridgehead atoms. The second kappa shape index (κ2) is 5.89. The van der Waals surface area contributed by atoms with Gasteiger partial charge in [-0.05, 0) is 17.7 Å². The fourth-order valence-corrected chi connectivity index (χ4v) is 2.67. The molecular formula is C19H20N+. The molecule has 20 heavy (non-hydrogen) atoms. The highest BCUT2D eigenvalue weighted by Crippen LogP contribution is 2.17. The number of quaternary nitrogens is 1. The van der Waals surface area contributed by atoms with E-state index in [0.717, 1.165) is 6.54 Å². The largest absolute Gasteiger partial charge is 0.337 e. The molecule has 0 fully saturated rings. The van der Waals surface area contributed by atoms with Gasteiger partial charge in [-0.25, -0.2) is 0 Å². The van der Waals surface area contributed by atoms with Crippen molar-refractivity contribution in [3.63, 3.8) is 0 Å². The van der Waals surface area contributed by atoms with Gasteiger partial charge in [-0.1, -0.05) is 72.8 Å². The Morgan fingerprint density at radius 3 is 2.35 bits per heavy atom. The number of benzene rings is 3. The van der Waals surface area contributed by atoms with Crippen LogP contribution < -0.4 is 5.32 Å². The van der Waals surface area contributed by atoms with E-state index < -0.39 is 0 Å². The minimum Gasteiger partial charge on any atom is -0.337 e. The van der Waals surface area contributed by atoms with Crippen molar-refractivity contribution >= 4 is 10.8 Å². The summed E-state index contributed by atoms with van der Waals surface area (Å²) in [6.07, 6.45) is 0. The maximum atomic E-state index is 2.40. The number of hydrogen-bond donors (Lipinski definition) is 1. The van der Waals surface area contributed by atoms with Gasteiger partial charge in [0.15, 0.2) is 0 Å². The Morgan fingerprint density at radius 1 is 0.800 bits per heavy atom. The lowest BCUT2D eigenvalue weighted by Gasteiger charge is -2.12. The van der Waals surface area contributed by atoms with Gasteiger partial charge < -0.3 is 5.32 Å². The van der Waals surface area contributed by atoms with E-state index in [1.165, 1.54) is 21.9 Å². The lowest BCUT2D eigenvalue weighted by Crippen LogP contribution is -2.83. The summed E-state index contributed by atoms with van der Waals surface area (Å²) in [4.78, 5) is 0. The van der Waals surface area contributed by atoms with Crippen LogP contribution in [0.5, 0.6) is 0 Å². The van der Waals surface area contributed by atoms with Crippen LogP contribution >= 0.6 is 0 Å². The second-order valence-corrected chi connectivity index (χ2v) is 5.28. The Bertz CT molecular complexity index is 683. The third kappa shape index (κ3) is 2.73. The Morgan fingerprint density at radius 2 is 1.50 bits per heavy atom. The summed E-state index contributed by atoms with van der Waals surface area (Å²) in [5.74, 6) is 0. The maximum absolute atomic E-state index is 2.40. The Labute approximate surface area is 120 Å². The zero-order chi connectivity index (χ0) is 13.8. The third-order valence-electron chi connectivity index (χ3n) is 3.90. The van der Waals surface area contributed by atoms with Gasteiger partial charge in [0.1, 0.15) is 12.6 Å². The molecule has 2 N–H and O–H groups in total. The molecule has 0 aromatic heterocycles. The van der Waals surface area contributed by atoms with Crippen molar-refractivity contribution in [2.45, 2.75) is 19.5 Å². The van der Waals surface area contributed by atoms with Crippen LogP contribution in [-0.4, -0.2) is 0 Å². The summed E-state index contributed by atoms with van der Waals surface area (Å²) in [5.41, 5.74) is 2.79. The number of rotatable bonds is 4. The van der Waals surface area contributed by atoms with E-state index in [0.29, 0.717) is 6.04 Å².